The first-order chi connectivity index (χ1) is 7.96. The molecule has 0 aromatic heterocycles. The first-order valence-corrected chi connectivity index (χ1v) is 6.19. The molecule has 0 fully saturated rings. The summed E-state index contributed by atoms with van der Waals surface area (Å²) in [6.07, 6.45) is 0.482. The van der Waals surface area contributed by atoms with Crippen LogP contribution < -0.4 is 5.32 Å². The maximum atomic E-state index is 11.6. The number of carboxylic acids is 1. The van der Waals surface area contributed by atoms with Crippen LogP contribution in [-0.4, -0.2) is 34.2 Å². The van der Waals surface area contributed by atoms with Gasteiger partial charge in [-0.25, -0.2) is 0 Å². The molecular formula is C13H25NO4. The second-order valence-corrected chi connectivity index (χ2v) is 6.24. The van der Waals surface area contributed by atoms with Crippen molar-refractivity contribution in [2.45, 2.75) is 53.1 Å². The van der Waals surface area contributed by atoms with Crippen LogP contribution in [0.15, 0.2) is 0 Å². The van der Waals surface area contributed by atoms with Gasteiger partial charge < -0.3 is 15.5 Å². The lowest BCUT2D eigenvalue weighted by molar-refractivity contribution is -0.149. The van der Waals surface area contributed by atoms with Crippen molar-refractivity contribution in [3.05, 3.63) is 0 Å². The second-order valence-electron chi connectivity index (χ2n) is 6.24. The van der Waals surface area contributed by atoms with Gasteiger partial charge in [-0.2, -0.15) is 0 Å². The van der Waals surface area contributed by atoms with E-state index in [9.17, 15) is 14.7 Å². The predicted octanol–water partition coefficient (Wildman–Crippen LogP) is 1.40. The maximum absolute atomic E-state index is 11.6. The molecule has 5 heteroatoms. The van der Waals surface area contributed by atoms with Crippen molar-refractivity contribution in [1.29, 1.82) is 0 Å². The molecule has 1 unspecified atom stereocenters. The normalized spacial score (nSPS) is 15.3. The fourth-order valence-electron chi connectivity index (χ4n) is 1.78. The van der Waals surface area contributed by atoms with Crippen molar-refractivity contribution in [1.82, 2.24) is 5.32 Å². The van der Waals surface area contributed by atoms with Crippen LogP contribution in [0, 0.1) is 11.3 Å². The van der Waals surface area contributed by atoms with E-state index >= 15 is 0 Å². The van der Waals surface area contributed by atoms with Gasteiger partial charge in [0.2, 0.25) is 5.91 Å². The highest BCUT2D eigenvalue weighted by Gasteiger charge is 2.31. The zero-order valence-electron chi connectivity index (χ0n) is 11.9. The SMILES string of the molecule is CC(C)CC(C)(O)CNC(=O)CC(C)(C)C(=O)O. The van der Waals surface area contributed by atoms with E-state index < -0.39 is 17.0 Å². The van der Waals surface area contributed by atoms with E-state index in [-0.39, 0.29) is 18.9 Å². The lowest BCUT2D eigenvalue weighted by atomic mass is 9.89. The van der Waals surface area contributed by atoms with Gasteiger partial charge in [0.25, 0.3) is 0 Å². The van der Waals surface area contributed by atoms with E-state index in [4.69, 9.17) is 5.11 Å². The minimum Gasteiger partial charge on any atom is -0.481 e. The first-order valence-electron chi connectivity index (χ1n) is 6.19. The summed E-state index contributed by atoms with van der Waals surface area (Å²) in [6.45, 7) is 8.78. The van der Waals surface area contributed by atoms with Crippen LogP contribution in [0.5, 0.6) is 0 Å². The van der Waals surface area contributed by atoms with Gasteiger partial charge in [-0.05, 0) is 33.1 Å². The molecule has 5 nitrogen and oxygen atoms in total. The Morgan fingerprint density at radius 2 is 1.72 bits per heavy atom. The molecule has 0 aromatic carbocycles. The van der Waals surface area contributed by atoms with Gasteiger partial charge in [-0.3, -0.25) is 9.59 Å². The Bertz CT molecular complexity index is 308. The van der Waals surface area contributed by atoms with Gasteiger partial charge in [0.15, 0.2) is 0 Å². The third kappa shape index (κ3) is 6.59. The molecule has 0 spiro atoms. The summed E-state index contributed by atoms with van der Waals surface area (Å²) in [7, 11) is 0. The van der Waals surface area contributed by atoms with Gasteiger partial charge in [0.1, 0.15) is 0 Å². The fraction of sp³-hybridized carbons (Fsp3) is 0.846. The van der Waals surface area contributed by atoms with Gasteiger partial charge in [-0.15, -0.1) is 0 Å². The number of aliphatic hydroxyl groups is 1. The monoisotopic (exact) mass is 259 g/mol. The van der Waals surface area contributed by atoms with Crippen molar-refractivity contribution >= 4 is 11.9 Å². The van der Waals surface area contributed by atoms with Crippen LogP contribution in [0.25, 0.3) is 0 Å². The van der Waals surface area contributed by atoms with Crippen molar-refractivity contribution in [3.63, 3.8) is 0 Å². The first kappa shape index (κ1) is 16.9. The average Bonchev–Trinajstić information content (AvgIpc) is 2.12. The molecule has 3 N–H and O–H groups in total. The molecule has 0 radical (unpaired) electrons. The molecule has 0 bridgehead atoms. The van der Waals surface area contributed by atoms with Crippen molar-refractivity contribution in [3.8, 4) is 0 Å². The van der Waals surface area contributed by atoms with Gasteiger partial charge in [0.05, 0.1) is 11.0 Å². The Morgan fingerprint density at radius 1 is 1.22 bits per heavy atom. The van der Waals surface area contributed by atoms with Crippen LogP contribution in [0.4, 0.5) is 0 Å². The Hall–Kier alpha value is -1.10. The topological polar surface area (TPSA) is 86.6 Å². The predicted molar refractivity (Wildman–Crippen MR) is 69.1 cm³/mol. The zero-order chi connectivity index (χ0) is 14.6. The van der Waals surface area contributed by atoms with Crippen molar-refractivity contribution < 1.29 is 19.8 Å². The third-order valence-corrected chi connectivity index (χ3v) is 2.70. The number of carbonyl (C=O) groups is 2. The minimum atomic E-state index is -1.09. The standard InChI is InChI=1S/C13H25NO4/c1-9(2)6-13(5,18)8-14-10(15)7-12(3,4)11(16)17/h9,18H,6-8H2,1-5H3,(H,14,15)(H,16,17). The Balaban J connectivity index is 4.23. The number of amides is 1. The molecule has 0 saturated carbocycles. The lowest BCUT2D eigenvalue weighted by Crippen LogP contribution is -2.43. The number of carboxylic acid groups (broad SMARTS) is 1. The number of hydrogen-bond acceptors (Lipinski definition) is 3. The lowest BCUT2D eigenvalue weighted by Gasteiger charge is -2.26. The van der Waals surface area contributed by atoms with E-state index in [1.54, 1.807) is 6.92 Å². The van der Waals surface area contributed by atoms with E-state index in [2.05, 4.69) is 5.32 Å². The Morgan fingerprint density at radius 3 is 2.11 bits per heavy atom. The highest BCUT2D eigenvalue weighted by atomic mass is 16.4. The molecule has 106 valence electrons. The Kier molecular flexibility index (Phi) is 5.80. The molecule has 18 heavy (non-hydrogen) atoms. The molecule has 0 saturated heterocycles. The summed E-state index contributed by atoms with van der Waals surface area (Å²) in [5, 5.41) is 21.5. The second kappa shape index (κ2) is 6.18. The average molecular weight is 259 g/mol. The highest BCUT2D eigenvalue weighted by molar-refractivity contribution is 5.84. The number of rotatable bonds is 7. The summed E-state index contributed by atoms with van der Waals surface area (Å²) in [5.41, 5.74) is -2.05. The fourth-order valence-corrected chi connectivity index (χ4v) is 1.78. The maximum Gasteiger partial charge on any atom is 0.309 e. The summed E-state index contributed by atoms with van der Waals surface area (Å²) in [6, 6.07) is 0. The quantitative estimate of drug-likeness (QED) is 0.645. The van der Waals surface area contributed by atoms with Crippen molar-refractivity contribution in [2.24, 2.45) is 11.3 Å². The van der Waals surface area contributed by atoms with E-state index in [0.717, 1.165) is 0 Å². The highest BCUT2D eigenvalue weighted by Crippen LogP contribution is 2.20. The zero-order valence-corrected chi connectivity index (χ0v) is 11.9. The van der Waals surface area contributed by atoms with Gasteiger partial charge >= 0.3 is 5.97 Å². The van der Waals surface area contributed by atoms with E-state index in [1.165, 1.54) is 13.8 Å². The number of nitrogens with one attached hydrogen (secondary N) is 1. The number of carbonyl (C=O) groups excluding carboxylic acids is 1. The van der Waals surface area contributed by atoms with Crippen LogP contribution >= 0.6 is 0 Å². The molecular weight excluding hydrogens is 234 g/mol. The molecule has 1 atom stereocenters. The molecule has 0 rings (SSSR count). The molecule has 1 amide bonds. The largest absolute Gasteiger partial charge is 0.481 e. The summed E-state index contributed by atoms with van der Waals surface area (Å²) >= 11 is 0. The van der Waals surface area contributed by atoms with E-state index in [0.29, 0.717) is 12.3 Å². The summed E-state index contributed by atoms with van der Waals surface area (Å²) in [5.74, 6) is -1.04. The van der Waals surface area contributed by atoms with E-state index in [1.807, 2.05) is 13.8 Å². The van der Waals surface area contributed by atoms with Crippen LogP contribution in [-0.2, 0) is 9.59 Å². The number of hydrogen-bond donors (Lipinski definition) is 3. The molecule has 0 aromatic rings. The minimum absolute atomic E-state index is 0.0971. The van der Waals surface area contributed by atoms with Gasteiger partial charge in [0, 0.05) is 13.0 Å². The van der Waals surface area contributed by atoms with Crippen LogP contribution in [0.2, 0.25) is 0 Å². The number of aliphatic carboxylic acids is 1. The molecule has 0 aliphatic rings. The Labute approximate surface area is 109 Å². The molecule has 0 aliphatic heterocycles. The smallest absolute Gasteiger partial charge is 0.309 e. The molecule has 0 heterocycles. The molecule has 0 aliphatic carbocycles. The van der Waals surface area contributed by atoms with Crippen LogP contribution in [0.3, 0.4) is 0 Å². The summed E-state index contributed by atoms with van der Waals surface area (Å²) in [4.78, 5) is 22.5. The van der Waals surface area contributed by atoms with Crippen LogP contribution in [0.1, 0.15) is 47.5 Å². The third-order valence-electron chi connectivity index (χ3n) is 2.70. The van der Waals surface area contributed by atoms with Gasteiger partial charge in [-0.1, -0.05) is 13.8 Å². The van der Waals surface area contributed by atoms with Crippen molar-refractivity contribution in [2.75, 3.05) is 6.54 Å². The summed E-state index contributed by atoms with van der Waals surface area (Å²) < 4.78 is 0.